The van der Waals surface area contributed by atoms with Gasteiger partial charge in [0.05, 0.1) is 18.6 Å². The monoisotopic (exact) mass is 473 g/mol. The third-order valence-corrected chi connectivity index (χ3v) is 8.58. The molecule has 35 heavy (non-hydrogen) atoms. The van der Waals surface area contributed by atoms with E-state index < -0.39 is 0 Å². The lowest BCUT2D eigenvalue weighted by molar-refractivity contribution is -0.142. The van der Waals surface area contributed by atoms with Crippen molar-refractivity contribution in [1.29, 1.82) is 0 Å². The molecule has 1 aliphatic carbocycles. The summed E-state index contributed by atoms with van der Waals surface area (Å²) in [5.41, 5.74) is 1.60. The van der Waals surface area contributed by atoms with E-state index in [-0.39, 0.29) is 53.8 Å². The number of nitrogens with one attached hydrogen (secondary N) is 1. The highest BCUT2D eigenvalue weighted by Gasteiger charge is 2.63. The predicted octanol–water partition coefficient (Wildman–Crippen LogP) is 3.81. The molecular weight excluding hydrogens is 438 g/mol. The summed E-state index contributed by atoms with van der Waals surface area (Å²) in [5.74, 6) is -0.187. The first-order valence-electron chi connectivity index (χ1n) is 12.9. The molecule has 2 saturated heterocycles. The molecule has 3 amide bonds. The number of hydrogen-bond acceptors (Lipinski definition) is 3. The van der Waals surface area contributed by atoms with Gasteiger partial charge in [-0.15, -0.1) is 0 Å². The van der Waals surface area contributed by atoms with Crippen molar-refractivity contribution in [2.75, 3.05) is 6.54 Å². The molecule has 6 heteroatoms. The molecule has 2 aromatic rings. The van der Waals surface area contributed by atoms with E-state index in [1.807, 2.05) is 36.4 Å². The molecule has 1 saturated carbocycles. The van der Waals surface area contributed by atoms with Gasteiger partial charge in [-0.3, -0.25) is 14.4 Å². The molecule has 0 unspecified atom stereocenters. The van der Waals surface area contributed by atoms with Gasteiger partial charge in [-0.25, -0.2) is 0 Å². The minimum atomic E-state index is -0.239. The second-order valence-corrected chi connectivity index (χ2v) is 10.6. The smallest absolute Gasteiger partial charge is 0.251 e. The van der Waals surface area contributed by atoms with E-state index in [0.717, 1.165) is 38.5 Å². The molecule has 0 spiro atoms. The van der Waals surface area contributed by atoms with E-state index in [9.17, 15) is 14.4 Å². The fourth-order valence-corrected chi connectivity index (χ4v) is 7.10. The lowest BCUT2D eigenvalue weighted by Gasteiger charge is -2.50. The van der Waals surface area contributed by atoms with Crippen molar-refractivity contribution in [1.82, 2.24) is 15.1 Å². The summed E-state index contributed by atoms with van der Waals surface area (Å²) in [5, 5.41) is 2.85. The molecule has 2 aromatic carbocycles. The highest BCUT2D eigenvalue weighted by molar-refractivity contribution is 5.96. The zero-order valence-electron chi connectivity index (χ0n) is 20.7. The number of carbonyl (C=O) groups excluding carboxylic acids is 3. The van der Waals surface area contributed by atoms with Crippen LogP contribution in [0.1, 0.15) is 61.9 Å². The summed E-state index contributed by atoms with van der Waals surface area (Å²) >= 11 is 0. The predicted molar refractivity (Wildman–Crippen MR) is 135 cm³/mol. The maximum atomic E-state index is 13.8. The number of rotatable bonds is 5. The molecule has 3 aliphatic rings. The first kappa shape index (κ1) is 23.6. The van der Waals surface area contributed by atoms with E-state index in [4.69, 9.17) is 0 Å². The Bertz CT molecular complexity index is 1090. The van der Waals surface area contributed by atoms with Gasteiger partial charge in [0.25, 0.3) is 5.91 Å². The molecule has 5 atom stereocenters. The van der Waals surface area contributed by atoms with Crippen LogP contribution in [0, 0.1) is 5.41 Å². The summed E-state index contributed by atoms with van der Waals surface area (Å²) in [6.45, 7) is 3.93. The highest BCUT2D eigenvalue weighted by atomic mass is 16.2. The van der Waals surface area contributed by atoms with Crippen LogP contribution in [0.3, 0.4) is 0 Å². The number of benzene rings is 2. The molecule has 2 bridgehead atoms. The molecule has 0 radical (unpaired) electrons. The van der Waals surface area contributed by atoms with Crippen molar-refractivity contribution in [2.45, 2.75) is 76.5 Å². The average molecular weight is 474 g/mol. The van der Waals surface area contributed by atoms with Crippen molar-refractivity contribution in [3.05, 3.63) is 71.8 Å². The average Bonchev–Trinajstić information content (AvgIpc) is 3.01. The number of likely N-dealkylation sites (tertiary alicyclic amines) is 2. The van der Waals surface area contributed by atoms with E-state index >= 15 is 0 Å². The van der Waals surface area contributed by atoms with Crippen molar-refractivity contribution in [3.8, 4) is 0 Å². The number of piperidine rings is 1. The molecule has 2 aliphatic heterocycles. The maximum Gasteiger partial charge on any atom is 0.251 e. The van der Waals surface area contributed by atoms with Crippen molar-refractivity contribution >= 4 is 17.7 Å². The van der Waals surface area contributed by atoms with Gasteiger partial charge in [0.1, 0.15) is 0 Å². The number of carbonyl (C=O) groups is 3. The standard InChI is InChI=1S/C29H35N3O3/c1-20(33)31-23(17-21-11-5-3-6-12-21)24-18-29(2)25(31)15-9-10-16-26(29)32(24)27(34)19-30-28(35)22-13-7-4-8-14-22/h3-8,11-14,23-26H,9-10,15-19H2,1-2H3,(H,30,35)/t23-,24-,25+,26-,29+/m0/s1. The first-order valence-corrected chi connectivity index (χ1v) is 12.9. The van der Waals surface area contributed by atoms with Gasteiger partial charge < -0.3 is 15.1 Å². The van der Waals surface area contributed by atoms with Crippen molar-refractivity contribution in [2.24, 2.45) is 5.41 Å². The molecule has 3 fully saturated rings. The largest absolute Gasteiger partial charge is 0.343 e. The van der Waals surface area contributed by atoms with E-state index in [1.165, 1.54) is 5.56 Å². The second kappa shape index (κ2) is 9.48. The van der Waals surface area contributed by atoms with Gasteiger partial charge in [-0.05, 0) is 43.4 Å². The van der Waals surface area contributed by atoms with Gasteiger partial charge >= 0.3 is 0 Å². The number of fused-ring (bicyclic) bond motifs is 1. The minimum Gasteiger partial charge on any atom is -0.343 e. The van der Waals surface area contributed by atoms with Crippen LogP contribution >= 0.6 is 0 Å². The fraction of sp³-hybridized carbons (Fsp3) is 0.483. The number of hydrogen-bond donors (Lipinski definition) is 1. The summed E-state index contributed by atoms with van der Waals surface area (Å²) in [7, 11) is 0. The van der Waals surface area contributed by atoms with Gasteiger partial charge in [-0.2, -0.15) is 0 Å². The van der Waals surface area contributed by atoms with E-state index in [2.05, 4.69) is 34.2 Å². The Hall–Kier alpha value is -3.15. The van der Waals surface area contributed by atoms with Gasteiger partial charge in [-0.1, -0.05) is 68.3 Å². The maximum absolute atomic E-state index is 13.8. The summed E-state index contributed by atoms with van der Waals surface area (Å²) < 4.78 is 0. The molecule has 6 nitrogen and oxygen atoms in total. The van der Waals surface area contributed by atoms with Crippen molar-refractivity contribution < 1.29 is 14.4 Å². The topological polar surface area (TPSA) is 69.7 Å². The van der Waals surface area contributed by atoms with Crippen LogP contribution in [0.15, 0.2) is 60.7 Å². The molecule has 1 N–H and O–H groups in total. The second-order valence-electron chi connectivity index (χ2n) is 10.6. The Kier molecular flexibility index (Phi) is 6.39. The van der Waals surface area contributed by atoms with E-state index in [1.54, 1.807) is 19.1 Å². The Morgan fingerprint density at radius 2 is 1.51 bits per heavy atom. The summed E-state index contributed by atoms with van der Waals surface area (Å²) in [6.07, 6.45) is 5.68. The van der Waals surface area contributed by atoms with Crippen LogP contribution in [0.2, 0.25) is 0 Å². The molecule has 5 rings (SSSR count). The van der Waals surface area contributed by atoms with Crippen LogP contribution in [0.25, 0.3) is 0 Å². The lowest BCUT2D eigenvalue weighted by atomic mass is 9.69. The normalized spacial score (nSPS) is 29.4. The Morgan fingerprint density at radius 1 is 0.914 bits per heavy atom. The summed E-state index contributed by atoms with van der Waals surface area (Å²) in [6, 6.07) is 19.4. The zero-order chi connectivity index (χ0) is 24.6. The first-order chi connectivity index (χ1) is 16.9. The Morgan fingerprint density at radius 3 is 2.14 bits per heavy atom. The molecule has 2 heterocycles. The van der Waals surface area contributed by atoms with Crippen LogP contribution in [0.4, 0.5) is 0 Å². The van der Waals surface area contributed by atoms with Crippen molar-refractivity contribution in [3.63, 3.8) is 0 Å². The molecular formula is C29H35N3O3. The SMILES string of the molecule is CC(=O)N1[C@@H](Cc2ccccc2)[C@@H]2C[C@@]3(C)[C@H](CCCC[C@@H]13)N2C(=O)CNC(=O)c1ccccc1. The lowest BCUT2D eigenvalue weighted by Crippen LogP contribution is -2.61. The molecule has 184 valence electrons. The quantitative estimate of drug-likeness (QED) is 0.718. The van der Waals surface area contributed by atoms with Crippen LogP contribution in [0.5, 0.6) is 0 Å². The number of amides is 3. The van der Waals surface area contributed by atoms with E-state index in [0.29, 0.717) is 5.56 Å². The minimum absolute atomic E-state index is 0.0282. The summed E-state index contributed by atoms with van der Waals surface area (Å²) in [4.78, 5) is 43.7. The van der Waals surface area contributed by atoms with Crippen LogP contribution in [-0.4, -0.2) is 58.2 Å². The van der Waals surface area contributed by atoms with Gasteiger partial charge in [0, 0.05) is 30.0 Å². The van der Waals surface area contributed by atoms with Crippen LogP contribution < -0.4 is 5.32 Å². The fourth-order valence-electron chi connectivity index (χ4n) is 7.10. The van der Waals surface area contributed by atoms with Gasteiger partial charge in [0.2, 0.25) is 11.8 Å². The van der Waals surface area contributed by atoms with Gasteiger partial charge in [0.15, 0.2) is 0 Å². The third kappa shape index (κ3) is 4.24. The Labute approximate surface area is 207 Å². The zero-order valence-corrected chi connectivity index (χ0v) is 20.7. The Balaban J connectivity index is 1.45. The highest BCUT2D eigenvalue weighted by Crippen LogP contribution is 2.55. The van der Waals surface area contributed by atoms with Crippen LogP contribution in [-0.2, 0) is 16.0 Å². The third-order valence-electron chi connectivity index (χ3n) is 8.58. The molecule has 0 aromatic heterocycles. The number of nitrogens with zero attached hydrogens (tertiary/aromatic N) is 2.